The van der Waals surface area contributed by atoms with Gasteiger partial charge >= 0.3 is 0 Å². The Morgan fingerprint density at radius 3 is 2.92 bits per heavy atom. The summed E-state index contributed by atoms with van der Waals surface area (Å²) in [5, 5.41) is 14.7. The number of rotatable bonds is 3. The van der Waals surface area contributed by atoms with E-state index in [1.165, 1.54) is 12.8 Å². The fourth-order valence-electron chi connectivity index (χ4n) is 1.83. The first-order chi connectivity index (χ1) is 6.31. The van der Waals surface area contributed by atoms with Crippen molar-refractivity contribution >= 4 is 0 Å². The van der Waals surface area contributed by atoms with Crippen molar-refractivity contribution in [1.82, 2.24) is 25.5 Å². The Labute approximate surface area is 77.5 Å². The minimum absolute atomic E-state index is 0.536. The molecule has 1 aliphatic carbocycles. The monoisotopic (exact) mass is 181 g/mol. The molecular weight excluding hydrogens is 166 g/mol. The molecule has 1 aromatic rings. The Morgan fingerprint density at radius 1 is 1.54 bits per heavy atom. The molecule has 0 amide bonds. The first-order valence-electron chi connectivity index (χ1n) is 4.72. The maximum atomic E-state index is 4.01. The molecule has 0 saturated heterocycles. The van der Waals surface area contributed by atoms with E-state index in [0.717, 1.165) is 18.3 Å². The van der Waals surface area contributed by atoms with E-state index in [0.29, 0.717) is 6.04 Å². The highest BCUT2D eigenvalue weighted by atomic mass is 15.6. The molecule has 0 atom stereocenters. The van der Waals surface area contributed by atoms with E-state index in [4.69, 9.17) is 0 Å². The molecule has 1 N–H and O–H groups in total. The van der Waals surface area contributed by atoms with Crippen LogP contribution in [0.15, 0.2) is 0 Å². The van der Waals surface area contributed by atoms with E-state index in [-0.39, 0.29) is 0 Å². The third kappa shape index (κ3) is 1.56. The standard InChI is InChI=1S/C8H15N5/c1-6-3-7(4-6)13-8(5-9-2)10-11-12-13/h6-7,9H,3-5H2,1-2H3. The highest BCUT2D eigenvalue weighted by Crippen LogP contribution is 2.36. The number of hydrogen-bond acceptors (Lipinski definition) is 4. The molecule has 0 spiro atoms. The second-order valence-corrected chi connectivity index (χ2v) is 3.80. The van der Waals surface area contributed by atoms with Crippen LogP contribution in [0.4, 0.5) is 0 Å². The summed E-state index contributed by atoms with van der Waals surface area (Å²) in [6.07, 6.45) is 2.42. The van der Waals surface area contributed by atoms with Gasteiger partial charge in [-0.3, -0.25) is 0 Å². The van der Waals surface area contributed by atoms with Crippen molar-refractivity contribution in [2.75, 3.05) is 7.05 Å². The van der Waals surface area contributed by atoms with E-state index in [2.05, 4.69) is 27.8 Å². The lowest BCUT2D eigenvalue weighted by Crippen LogP contribution is -2.28. The lowest BCUT2D eigenvalue weighted by Gasteiger charge is -2.32. The normalized spacial score (nSPS) is 27.2. The molecule has 1 heterocycles. The van der Waals surface area contributed by atoms with Gasteiger partial charge in [-0.2, -0.15) is 0 Å². The van der Waals surface area contributed by atoms with Crippen molar-refractivity contribution in [3.05, 3.63) is 5.82 Å². The van der Waals surface area contributed by atoms with Crippen molar-refractivity contribution < 1.29 is 0 Å². The topological polar surface area (TPSA) is 55.6 Å². The van der Waals surface area contributed by atoms with Gasteiger partial charge in [0.15, 0.2) is 5.82 Å². The SMILES string of the molecule is CNCc1nnnn1C1CC(C)C1. The zero-order valence-corrected chi connectivity index (χ0v) is 8.06. The van der Waals surface area contributed by atoms with Crippen LogP contribution in [-0.2, 0) is 6.54 Å². The Morgan fingerprint density at radius 2 is 2.31 bits per heavy atom. The molecule has 72 valence electrons. The lowest BCUT2D eigenvalue weighted by molar-refractivity contribution is 0.192. The Bertz CT molecular complexity index is 276. The van der Waals surface area contributed by atoms with Gasteiger partial charge in [-0.25, -0.2) is 4.68 Å². The molecule has 5 nitrogen and oxygen atoms in total. The Hall–Kier alpha value is -0.970. The predicted octanol–water partition coefficient (Wildman–Crippen LogP) is 0.363. The molecule has 1 fully saturated rings. The first-order valence-corrected chi connectivity index (χ1v) is 4.72. The summed E-state index contributed by atoms with van der Waals surface area (Å²) in [4.78, 5) is 0. The van der Waals surface area contributed by atoms with Crippen LogP contribution in [0.5, 0.6) is 0 Å². The summed E-state index contributed by atoms with van der Waals surface area (Å²) in [6.45, 7) is 3.01. The Balaban J connectivity index is 2.06. The van der Waals surface area contributed by atoms with Gasteiger partial charge in [-0.15, -0.1) is 5.10 Å². The van der Waals surface area contributed by atoms with E-state index in [1.807, 2.05) is 11.7 Å². The molecule has 0 aromatic carbocycles. The van der Waals surface area contributed by atoms with Crippen molar-refractivity contribution in [2.45, 2.75) is 32.4 Å². The number of aromatic nitrogens is 4. The second-order valence-electron chi connectivity index (χ2n) is 3.80. The average molecular weight is 181 g/mol. The van der Waals surface area contributed by atoms with Crippen molar-refractivity contribution in [3.8, 4) is 0 Å². The van der Waals surface area contributed by atoms with Crippen LogP contribution in [0.1, 0.15) is 31.6 Å². The molecular formula is C8H15N5. The fraction of sp³-hybridized carbons (Fsp3) is 0.875. The van der Waals surface area contributed by atoms with Gasteiger partial charge < -0.3 is 5.32 Å². The van der Waals surface area contributed by atoms with Gasteiger partial charge in [-0.05, 0) is 36.2 Å². The smallest absolute Gasteiger partial charge is 0.165 e. The van der Waals surface area contributed by atoms with Crippen LogP contribution in [0.25, 0.3) is 0 Å². The maximum absolute atomic E-state index is 4.01. The van der Waals surface area contributed by atoms with Crippen LogP contribution in [0, 0.1) is 5.92 Å². The van der Waals surface area contributed by atoms with Gasteiger partial charge in [-0.1, -0.05) is 6.92 Å². The van der Waals surface area contributed by atoms with Crippen LogP contribution in [-0.4, -0.2) is 27.3 Å². The van der Waals surface area contributed by atoms with Gasteiger partial charge in [0, 0.05) is 0 Å². The molecule has 0 unspecified atom stereocenters. The second kappa shape index (κ2) is 3.41. The van der Waals surface area contributed by atoms with Crippen LogP contribution >= 0.6 is 0 Å². The molecule has 0 bridgehead atoms. The third-order valence-electron chi connectivity index (χ3n) is 2.59. The summed E-state index contributed by atoms with van der Waals surface area (Å²) in [6, 6.07) is 0.536. The van der Waals surface area contributed by atoms with Gasteiger partial charge in [0.05, 0.1) is 12.6 Å². The zero-order valence-electron chi connectivity index (χ0n) is 8.06. The first kappa shape index (κ1) is 8.62. The zero-order chi connectivity index (χ0) is 9.26. The van der Waals surface area contributed by atoms with E-state index < -0.39 is 0 Å². The van der Waals surface area contributed by atoms with Gasteiger partial charge in [0.1, 0.15) is 0 Å². The average Bonchev–Trinajstić information content (AvgIpc) is 2.48. The maximum Gasteiger partial charge on any atom is 0.165 e. The fourth-order valence-corrected chi connectivity index (χ4v) is 1.83. The lowest BCUT2D eigenvalue weighted by atomic mass is 9.82. The van der Waals surface area contributed by atoms with E-state index in [1.54, 1.807) is 0 Å². The summed E-state index contributed by atoms with van der Waals surface area (Å²) in [5.74, 6) is 1.77. The summed E-state index contributed by atoms with van der Waals surface area (Å²) in [5.41, 5.74) is 0. The minimum atomic E-state index is 0.536. The molecule has 13 heavy (non-hydrogen) atoms. The number of nitrogens with zero attached hydrogens (tertiary/aromatic N) is 4. The van der Waals surface area contributed by atoms with Crippen molar-refractivity contribution in [3.63, 3.8) is 0 Å². The van der Waals surface area contributed by atoms with E-state index in [9.17, 15) is 0 Å². The highest BCUT2D eigenvalue weighted by molar-refractivity contribution is 4.89. The molecule has 0 radical (unpaired) electrons. The molecule has 0 aliphatic heterocycles. The minimum Gasteiger partial charge on any atom is -0.313 e. The van der Waals surface area contributed by atoms with Gasteiger partial charge in [0.2, 0.25) is 0 Å². The highest BCUT2D eigenvalue weighted by Gasteiger charge is 2.29. The Kier molecular flexibility index (Phi) is 2.26. The number of nitrogens with one attached hydrogen (secondary N) is 1. The quantitative estimate of drug-likeness (QED) is 0.731. The molecule has 5 heteroatoms. The summed E-state index contributed by atoms with van der Waals surface area (Å²) < 4.78 is 1.95. The summed E-state index contributed by atoms with van der Waals surface area (Å²) in [7, 11) is 1.91. The molecule has 1 aromatic heterocycles. The number of tetrazole rings is 1. The largest absolute Gasteiger partial charge is 0.313 e. The molecule has 2 rings (SSSR count). The van der Waals surface area contributed by atoms with E-state index >= 15 is 0 Å². The predicted molar refractivity (Wildman–Crippen MR) is 48.0 cm³/mol. The summed E-state index contributed by atoms with van der Waals surface area (Å²) >= 11 is 0. The van der Waals surface area contributed by atoms with Crippen molar-refractivity contribution in [2.24, 2.45) is 5.92 Å². The molecule has 1 aliphatic rings. The van der Waals surface area contributed by atoms with Crippen LogP contribution in [0.3, 0.4) is 0 Å². The van der Waals surface area contributed by atoms with Crippen molar-refractivity contribution in [1.29, 1.82) is 0 Å². The van der Waals surface area contributed by atoms with Crippen LogP contribution < -0.4 is 5.32 Å². The number of hydrogen-bond donors (Lipinski definition) is 1. The molecule has 1 saturated carbocycles. The van der Waals surface area contributed by atoms with Gasteiger partial charge in [0.25, 0.3) is 0 Å². The van der Waals surface area contributed by atoms with Crippen LogP contribution in [0.2, 0.25) is 0 Å². The third-order valence-corrected chi connectivity index (χ3v) is 2.59.